The molecule has 0 saturated heterocycles. The second kappa shape index (κ2) is 6.56. The normalized spacial score (nSPS) is 11.3. The zero-order valence-electron chi connectivity index (χ0n) is 13.3. The van der Waals surface area contributed by atoms with Crippen molar-refractivity contribution in [2.45, 2.75) is 4.90 Å². The number of aromatic carboxylic acids is 1. The Kier molecular flexibility index (Phi) is 4.43. The van der Waals surface area contributed by atoms with Gasteiger partial charge < -0.3 is 9.94 Å². The number of carboxylic acids is 1. The molecule has 1 heterocycles. The minimum atomic E-state index is -3.31. The van der Waals surface area contributed by atoms with Crippen LogP contribution in [0.3, 0.4) is 0 Å². The maximum atomic E-state index is 14.3. The SMILES string of the molecule is CS(=O)(=O)c1ccc(-c2ccc(On3cc(C(=O)O)nn3)c(F)c2)cc1. The van der Waals surface area contributed by atoms with Gasteiger partial charge in [-0.3, -0.25) is 0 Å². The topological polar surface area (TPSA) is 111 Å². The highest BCUT2D eigenvalue weighted by Crippen LogP contribution is 2.26. The van der Waals surface area contributed by atoms with Crippen molar-refractivity contribution in [2.24, 2.45) is 0 Å². The number of aromatic nitrogens is 3. The summed E-state index contributed by atoms with van der Waals surface area (Å²) in [5.41, 5.74) is 0.796. The third-order valence-electron chi connectivity index (χ3n) is 3.43. The van der Waals surface area contributed by atoms with Crippen LogP contribution < -0.4 is 4.84 Å². The monoisotopic (exact) mass is 377 g/mol. The molecular weight excluding hydrogens is 365 g/mol. The van der Waals surface area contributed by atoms with Gasteiger partial charge in [-0.1, -0.05) is 23.0 Å². The van der Waals surface area contributed by atoms with Gasteiger partial charge >= 0.3 is 5.97 Å². The fraction of sp³-hybridized carbons (Fsp3) is 0.0625. The number of hydrogen-bond acceptors (Lipinski definition) is 6. The molecule has 0 unspecified atom stereocenters. The van der Waals surface area contributed by atoms with E-state index >= 15 is 0 Å². The lowest BCUT2D eigenvalue weighted by Gasteiger charge is -2.07. The molecule has 26 heavy (non-hydrogen) atoms. The number of rotatable bonds is 5. The molecule has 0 radical (unpaired) electrons. The van der Waals surface area contributed by atoms with E-state index < -0.39 is 21.6 Å². The molecule has 10 heteroatoms. The van der Waals surface area contributed by atoms with Gasteiger partial charge in [-0.25, -0.2) is 17.6 Å². The van der Waals surface area contributed by atoms with Gasteiger partial charge in [0, 0.05) is 6.26 Å². The molecule has 0 saturated carbocycles. The van der Waals surface area contributed by atoms with Gasteiger partial charge in [0.2, 0.25) is 0 Å². The van der Waals surface area contributed by atoms with E-state index in [-0.39, 0.29) is 16.3 Å². The minimum absolute atomic E-state index is 0.169. The van der Waals surface area contributed by atoms with Crippen molar-refractivity contribution in [3.05, 3.63) is 60.2 Å². The molecule has 0 aliphatic heterocycles. The summed E-state index contributed by atoms with van der Waals surface area (Å²) < 4.78 is 37.2. The molecule has 1 N–H and O–H groups in total. The van der Waals surface area contributed by atoms with Crippen LogP contribution in [0.5, 0.6) is 5.75 Å². The molecule has 0 bridgehead atoms. The molecular formula is C16H12FN3O5S. The number of halogens is 1. The van der Waals surface area contributed by atoms with Crippen LogP contribution in [0.1, 0.15) is 10.5 Å². The van der Waals surface area contributed by atoms with Gasteiger partial charge in [-0.05, 0) is 40.6 Å². The highest BCUT2D eigenvalue weighted by Gasteiger charge is 2.13. The lowest BCUT2D eigenvalue weighted by atomic mass is 10.1. The second-order valence-corrected chi connectivity index (χ2v) is 7.36. The van der Waals surface area contributed by atoms with Gasteiger partial charge in [0.05, 0.1) is 4.90 Å². The molecule has 0 aliphatic carbocycles. The van der Waals surface area contributed by atoms with Crippen molar-refractivity contribution < 1.29 is 27.5 Å². The van der Waals surface area contributed by atoms with Crippen LogP contribution >= 0.6 is 0 Å². The van der Waals surface area contributed by atoms with E-state index in [2.05, 4.69) is 10.3 Å². The predicted molar refractivity (Wildman–Crippen MR) is 88.0 cm³/mol. The van der Waals surface area contributed by atoms with Gasteiger partial charge in [-0.2, -0.15) is 0 Å². The first-order valence-electron chi connectivity index (χ1n) is 7.18. The lowest BCUT2D eigenvalue weighted by molar-refractivity contribution is 0.0689. The third kappa shape index (κ3) is 3.70. The Bertz CT molecular complexity index is 1080. The van der Waals surface area contributed by atoms with Crippen LogP contribution in [-0.2, 0) is 9.84 Å². The largest absolute Gasteiger partial charge is 0.476 e. The molecule has 0 aliphatic rings. The van der Waals surface area contributed by atoms with Gasteiger partial charge in [0.15, 0.2) is 27.1 Å². The van der Waals surface area contributed by atoms with Crippen molar-refractivity contribution in [1.82, 2.24) is 15.2 Å². The standard InChI is InChI=1S/C16H12FN3O5S/c1-26(23,24)12-5-2-10(3-6-12)11-4-7-15(13(17)8-11)25-20-9-14(16(21)22)18-19-20/h2-9H,1H3,(H,21,22). The first-order chi connectivity index (χ1) is 12.2. The van der Waals surface area contributed by atoms with E-state index in [9.17, 15) is 17.6 Å². The summed E-state index contributed by atoms with van der Waals surface area (Å²) in [5, 5.41) is 15.5. The van der Waals surface area contributed by atoms with E-state index in [1.807, 2.05) is 0 Å². The Morgan fingerprint density at radius 3 is 2.35 bits per heavy atom. The molecule has 8 nitrogen and oxygen atoms in total. The molecule has 0 amide bonds. The van der Waals surface area contributed by atoms with Crippen LogP contribution in [0.25, 0.3) is 11.1 Å². The fourth-order valence-electron chi connectivity index (χ4n) is 2.14. The van der Waals surface area contributed by atoms with Crippen molar-refractivity contribution >= 4 is 15.8 Å². The smallest absolute Gasteiger partial charge is 0.358 e. The Morgan fingerprint density at radius 2 is 1.81 bits per heavy atom. The first-order valence-corrected chi connectivity index (χ1v) is 9.07. The Labute approximate surface area is 147 Å². The van der Waals surface area contributed by atoms with Crippen molar-refractivity contribution in [3.8, 4) is 16.9 Å². The first kappa shape index (κ1) is 17.5. The van der Waals surface area contributed by atoms with Gasteiger partial charge in [0.25, 0.3) is 0 Å². The summed E-state index contributed by atoms with van der Waals surface area (Å²) in [4.78, 5) is 16.8. The molecule has 0 atom stereocenters. The predicted octanol–water partition coefficient (Wildman–Crippen LogP) is 2.03. The number of sulfone groups is 1. The summed E-state index contributed by atoms with van der Waals surface area (Å²) in [6.45, 7) is 0. The maximum Gasteiger partial charge on any atom is 0.358 e. The van der Waals surface area contributed by atoms with Crippen molar-refractivity contribution in [1.29, 1.82) is 0 Å². The Hall–Kier alpha value is -3.27. The zero-order chi connectivity index (χ0) is 18.9. The van der Waals surface area contributed by atoms with Gasteiger partial charge in [-0.15, -0.1) is 5.10 Å². The van der Waals surface area contributed by atoms with Crippen LogP contribution in [0.4, 0.5) is 4.39 Å². The molecule has 0 fully saturated rings. The number of benzene rings is 2. The molecule has 134 valence electrons. The van der Waals surface area contributed by atoms with E-state index in [0.29, 0.717) is 11.1 Å². The number of nitrogens with zero attached hydrogens (tertiary/aromatic N) is 3. The third-order valence-corrected chi connectivity index (χ3v) is 4.56. The van der Waals surface area contributed by atoms with Crippen molar-refractivity contribution in [2.75, 3.05) is 6.26 Å². The van der Waals surface area contributed by atoms with Crippen LogP contribution in [0.2, 0.25) is 0 Å². The van der Waals surface area contributed by atoms with Crippen LogP contribution in [-0.4, -0.2) is 40.9 Å². The average Bonchev–Trinajstić information content (AvgIpc) is 3.05. The molecule has 0 spiro atoms. The lowest BCUT2D eigenvalue weighted by Crippen LogP contribution is -2.07. The van der Waals surface area contributed by atoms with E-state index in [0.717, 1.165) is 17.3 Å². The summed E-state index contributed by atoms with van der Waals surface area (Å²) in [6.07, 6.45) is 2.10. The molecule has 1 aromatic heterocycles. The highest BCUT2D eigenvalue weighted by atomic mass is 32.2. The Morgan fingerprint density at radius 1 is 1.15 bits per heavy atom. The fourth-order valence-corrected chi connectivity index (χ4v) is 2.77. The summed E-state index contributed by atoms with van der Waals surface area (Å²) >= 11 is 0. The zero-order valence-corrected chi connectivity index (χ0v) is 14.1. The summed E-state index contributed by atoms with van der Waals surface area (Å²) in [5.74, 6) is -2.17. The number of hydrogen-bond donors (Lipinski definition) is 1. The van der Waals surface area contributed by atoms with Gasteiger partial charge in [0.1, 0.15) is 6.20 Å². The summed E-state index contributed by atoms with van der Waals surface area (Å²) in [6, 6.07) is 10.1. The number of carbonyl (C=O) groups is 1. The highest BCUT2D eigenvalue weighted by molar-refractivity contribution is 7.90. The average molecular weight is 377 g/mol. The van der Waals surface area contributed by atoms with E-state index in [1.165, 1.54) is 24.3 Å². The van der Waals surface area contributed by atoms with E-state index in [4.69, 9.17) is 9.94 Å². The molecule has 2 aromatic carbocycles. The maximum absolute atomic E-state index is 14.3. The quantitative estimate of drug-likeness (QED) is 0.724. The second-order valence-electron chi connectivity index (χ2n) is 5.34. The molecule has 3 rings (SSSR count). The number of carboxylic acid groups (broad SMARTS) is 1. The molecule has 3 aromatic rings. The van der Waals surface area contributed by atoms with Crippen molar-refractivity contribution in [3.63, 3.8) is 0 Å². The van der Waals surface area contributed by atoms with Crippen LogP contribution in [0.15, 0.2) is 53.6 Å². The van der Waals surface area contributed by atoms with E-state index in [1.54, 1.807) is 18.2 Å². The minimum Gasteiger partial charge on any atom is -0.476 e. The van der Waals surface area contributed by atoms with Crippen LogP contribution in [0, 0.1) is 5.82 Å². The Balaban J connectivity index is 1.84. The summed E-state index contributed by atoms with van der Waals surface area (Å²) in [7, 11) is -3.31.